The van der Waals surface area contributed by atoms with Crippen molar-refractivity contribution >= 4 is 29.2 Å². The number of rotatable bonds is 7. The predicted octanol–water partition coefficient (Wildman–Crippen LogP) is 3.59. The maximum absolute atomic E-state index is 12.7. The monoisotopic (exact) mass is 452 g/mol. The third-order valence-electron chi connectivity index (χ3n) is 5.20. The molecule has 4 rings (SSSR count). The summed E-state index contributed by atoms with van der Waals surface area (Å²) in [5.41, 5.74) is 1.81. The van der Waals surface area contributed by atoms with E-state index in [9.17, 15) is 14.4 Å². The zero-order valence-electron chi connectivity index (χ0n) is 17.5. The molecule has 9 heteroatoms. The number of carbonyl (C=O) groups excluding carboxylic acids is 3. The van der Waals surface area contributed by atoms with Gasteiger partial charge < -0.3 is 10.1 Å². The van der Waals surface area contributed by atoms with Crippen molar-refractivity contribution in [2.45, 2.75) is 38.3 Å². The van der Waals surface area contributed by atoms with Crippen LogP contribution in [0.25, 0.3) is 10.6 Å². The Morgan fingerprint density at radius 2 is 1.88 bits per heavy atom. The molecule has 0 spiro atoms. The molecule has 0 unspecified atom stereocenters. The lowest BCUT2D eigenvalue weighted by Crippen LogP contribution is -2.45. The van der Waals surface area contributed by atoms with E-state index in [1.54, 1.807) is 10.9 Å². The Labute approximate surface area is 189 Å². The number of imide groups is 1. The molecule has 1 fully saturated rings. The fraction of sp³-hybridized carbons (Fsp3) is 0.304. The molecule has 0 bridgehead atoms. The lowest BCUT2D eigenvalue weighted by Gasteiger charge is -2.12. The van der Waals surface area contributed by atoms with E-state index in [0.717, 1.165) is 36.1 Å². The van der Waals surface area contributed by atoms with Crippen LogP contribution in [0.3, 0.4) is 0 Å². The van der Waals surface area contributed by atoms with Crippen LogP contribution in [0.1, 0.15) is 41.6 Å². The fourth-order valence-electron chi connectivity index (χ4n) is 3.68. The van der Waals surface area contributed by atoms with Crippen LogP contribution >= 0.6 is 11.3 Å². The highest BCUT2D eigenvalue weighted by molar-refractivity contribution is 7.13. The van der Waals surface area contributed by atoms with E-state index in [0.29, 0.717) is 12.2 Å². The molecule has 0 saturated heterocycles. The number of thiophene rings is 1. The van der Waals surface area contributed by atoms with Crippen molar-refractivity contribution in [3.8, 4) is 10.6 Å². The minimum Gasteiger partial charge on any atom is -0.452 e. The summed E-state index contributed by atoms with van der Waals surface area (Å²) < 4.78 is 6.86. The van der Waals surface area contributed by atoms with Crippen molar-refractivity contribution < 1.29 is 19.1 Å². The Balaban J connectivity index is 1.39. The SMILES string of the molecule is O=C(COC(=O)c1cn(Cc2ccccc2)nc1-c1cccs1)NC(=O)NC1CCCC1. The van der Waals surface area contributed by atoms with Crippen LogP contribution in [0.15, 0.2) is 54.0 Å². The molecule has 0 radical (unpaired) electrons. The maximum Gasteiger partial charge on any atom is 0.342 e. The normalized spacial score (nSPS) is 13.6. The summed E-state index contributed by atoms with van der Waals surface area (Å²) in [6.45, 7) is -0.0566. The number of nitrogens with one attached hydrogen (secondary N) is 2. The van der Waals surface area contributed by atoms with Gasteiger partial charge in [0.2, 0.25) is 0 Å². The van der Waals surface area contributed by atoms with Gasteiger partial charge in [-0.05, 0) is 29.9 Å². The van der Waals surface area contributed by atoms with Crippen molar-refractivity contribution in [2.75, 3.05) is 6.61 Å². The molecule has 8 nitrogen and oxygen atoms in total. The lowest BCUT2D eigenvalue weighted by molar-refractivity contribution is -0.123. The van der Waals surface area contributed by atoms with Gasteiger partial charge >= 0.3 is 12.0 Å². The molecule has 1 aliphatic rings. The third kappa shape index (κ3) is 5.61. The number of hydrogen-bond acceptors (Lipinski definition) is 6. The van der Waals surface area contributed by atoms with E-state index in [-0.39, 0.29) is 11.6 Å². The summed E-state index contributed by atoms with van der Waals surface area (Å²) in [6, 6.07) is 13.0. The van der Waals surface area contributed by atoms with E-state index >= 15 is 0 Å². The molecule has 0 aliphatic heterocycles. The molecule has 3 amide bonds. The van der Waals surface area contributed by atoms with Gasteiger partial charge in [-0.3, -0.25) is 14.8 Å². The van der Waals surface area contributed by atoms with Gasteiger partial charge in [0.1, 0.15) is 11.3 Å². The van der Waals surface area contributed by atoms with Gasteiger partial charge in [0.05, 0.1) is 11.4 Å². The van der Waals surface area contributed by atoms with Crippen LogP contribution in [0.2, 0.25) is 0 Å². The van der Waals surface area contributed by atoms with Crippen molar-refractivity contribution in [2.24, 2.45) is 0 Å². The van der Waals surface area contributed by atoms with Gasteiger partial charge in [-0.2, -0.15) is 5.10 Å². The van der Waals surface area contributed by atoms with E-state index < -0.39 is 24.5 Å². The number of amides is 3. The molecule has 1 saturated carbocycles. The van der Waals surface area contributed by atoms with Crippen molar-refractivity contribution in [1.82, 2.24) is 20.4 Å². The predicted molar refractivity (Wildman–Crippen MR) is 120 cm³/mol. The highest BCUT2D eigenvalue weighted by Gasteiger charge is 2.22. The molecule has 1 aromatic carbocycles. The Morgan fingerprint density at radius 3 is 2.59 bits per heavy atom. The number of benzene rings is 1. The largest absolute Gasteiger partial charge is 0.452 e. The second-order valence-electron chi connectivity index (χ2n) is 7.63. The van der Waals surface area contributed by atoms with Gasteiger partial charge in [0.25, 0.3) is 5.91 Å². The summed E-state index contributed by atoms with van der Waals surface area (Å²) >= 11 is 1.46. The molecular weight excluding hydrogens is 428 g/mol. The first-order chi connectivity index (χ1) is 15.6. The molecule has 2 aromatic heterocycles. The van der Waals surface area contributed by atoms with Gasteiger partial charge in [-0.1, -0.05) is 49.2 Å². The van der Waals surface area contributed by atoms with Crippen LogP contribution in [-0.4, -0.2) is 40.3 Å². The zero-order chi connectivity index (χ0) is 22.3. The first-order valence-electron chi connectivity index (χ1n) is 10.5. The van der Waals surface area contributed by atoms with Crippen molar-refractivity contribution in [1.29, 1.82) is 0 Å². The van der Waals surface area contributed by atoms with Crippen LogP contribution in [0, 0.1) is 0 Å². The number of esters is 1. The van der Waals surface area contributed by atoms with Crippen LogP contribution in [0.4, 0.5) is 4.79 Å². The van der Waals surface area contributed by atoms with Crippen LogP contribution in [0.5, 0.6) is 0 Å². The van der Waals surface area contributed by atoms with Crippen molar-refractivity contribution in [3.63, 3.8) is 0 Å². The highest BCUT2D eigenvalue weighted by Crippen LogP contribution is 2.27. The van der Waals surface area contributed by atoms with Crippen LogP contribution < -0.4 is 10.6 Å². The smallest absolute Gasteiger partial charge is 0.342 e. The summed E-state index contributed by atoms with van der Waals surface area (Å²) in [4.78, 5) is 37.5. The van der Waals surface area contributed by atoms with E-state index in [4.69, 9.17) is 4.74 Å². The fourth-order valence-corrected chi connectivity index (χ4v) is 4.40. The number of ether oxygens (including phenoxy) is 1. The average Bonchev–Trinajstić information content (AvgIpc) is 3.54. The molecular formula is C23H24N4O4S. The standard InChI is InChI=1S/C23H24N4O4S/c28-20(25-23(30)24-17-9-4-5-10-17)15-31-22(29)18-14-27(13-16-7-2-1-3-8-16)26-21(18)19-11-6-12-32-19/h1-3,6-8,11-12,14,17H,4-5,9-10,13,15H2,(H2,24,25,28,30). The quantitative estimate of drug-likeness (QED) is 0.534. The molecule has 32 heavy (non-hydrogen) atoms. The summed E-state index contributed by atoms with van der Waals surface area (Å²) in [6.07, 6.45) is 5.58. The number of hydrogen-bond donors (Lipinski definition) is 2. The molecule has 1 aliphatic carbocycles. The molecule has 2 N–H and O–H groups in total. The molecule has 3 aromatic rings. The van der Waals surface area contributed by atoms with E-state index in [1.165, 1.54) is 11.3 Å². The van der Waals surface area contributed by atoms with Gasteiger partial charge in [-0.15, -0.1) is 11.3 Å². The Bertz CT molecular complexity index is 1070. The highest BCUT2D eigenvalue weighted by atomic mass is 32.1. The Hall–Kier alpha value is -3.46. The number of nitrogens with zero attached hydrogens (tertiary/aromatic N) is 2. The third-order valence-corrected chi connectivity index (χ3v) is 6.08. The summed E-state index contributed by atoms with van der Waals surface area (Å²) in [5, 5.41) is 11.4. The lowest BCUT2D eigenvalue weighted by atomic mass is 10.2. The van der Waals surface area contributed by atoms with Gasteiger partial charge in [0, 0.05) is 12.2 Å². The number of aromatic nitrogens is 2. The van der Waals surface area contributed by atoms with E-state index in [2.05, 4.69) is 15.7 Å². The van der Waals surface area contributed by atoms with E-state index in [1.807, 2.05) is 47.8 Å². The Kier molecular flexibility index (Phi) is 6.96. The minimum absolute atomic E-state index is 0.0918. The Morgan fingerprint density at radius 1 is 1.09 bits per heavy atom. The maximum atomic E-state index is 12.7. The second-order valence-corrected chi connectivity index (χ2v) is 8.58. The van der Waals surface area contributed by atoms with Gasteiger partial charge in [-0.25, -0.2) is 9.59 Å². The average molecular weight is 453 g/mol. The number of urea groups is 1. The van der Waals surface area contributed by atoms with Crippen molar-refractivity contribution in [3.05, 3.63) is 65.2 Å². The topological polar surface area (TPSA) is 102 Å². The van der Waals surface area contributed by atoms with Gasteiger partial charge in [0.15, 0.2) is 6.61 Å². The van der Waals surface area contributed by atoms with Crippen LogP contribution in [-0.2, 0) is 16.1 Å². The zero-order valence-corrected chi connectivity index (χ0v) is 18.3. The second kappa shape index (κ2) is 10.2. The summed E-state index contributed by atoms with van der Waals surface area (Å²) in [7, 11) is 0. The molecule has 166 valence electrons. The summed E-state index contributed by atoms with van der Waals surface area (Å²) in [5.74, 6) is -1.35. The minimum atomic E-state index is -0.678. The number of carbonyl (C=O) groups is 3. The first-order valence-corrected chi connectivity index (χ1v) is 11.4. The molecule has 0 atom stereocenters. The first kappa shape index (κ1) is 21.8. The molecule has 2 heterocycles.